The van der Waals surface area contributed by atoms with Crippen molar-refractivity contribution in [3.63, 3.8) is 0 Å². The quantitative estimate of drug-likeness (QED) is 0.762. The molecule has 0 saturated heterocycles. The topological polar surface area (TPSA) is 57.3 Å². The number of nitrogens with zero attached hydrogens (tertiary/aromatic N) is 2. The summed E-state index contributed by atoms with van der Waals surface area (Å²) in [6.45, 7) is 4.49. The lowest BCUT2D eigenvalue weighted by molar-refractivity contribution is 0.102. The molecule has 0 aliphatic heterocycles. The third-order valence-corrected chi connectivity index (χ3v) is 2.85. The minimum absolute atomic E-state index is 0.114. The largest absolute Gasteiger partial charge is 0.493 e. The Kier molecular flexibility index (Phi) is 3.50. The molecule has 0 saturated carbocycles. The normalized spacial score (nSPS) is 10.6. The van der Waals surface area contributed by atoms with Crippen LogP contribution in [0, 0.1) is 0 Å². The van der Waals surface area contributed by atoms with Gasteiger partial charge in [-0.15, -0.1) is 0 Å². The zero-order chi connectivity index (χ0) is 13.1. The van der Waals surface area contributed by atoms with Gasteiger partial charge in [-0.05, 0) is 13.0 Å². The van der Waals surface area contributed by atoms with Gasteiger partial charge in [0.05, 0.1) is 25.1 Å². The number of hydrogen-bond donors (Lipinski definition) is 0. The number of hydrogen-bond acceptors (Lipinski definition) is 4. The van der Waals surface area contributed by atoms with E-state index in [1.165, 1.54) is 13.4 Å². The molecule has 2 rings (SSSR count). The van der Waals surface area contributed by atoms with Crippen molar-refractivity contribution in [1.82, 2.24) is 9.78 Å². The Balaban J connectivity index is 2.48. The first-order valence-electron chi connectivity index (χ1n) is 5.93. The van der Waals surface area contributed by atoms with Gasteiger partial charge in [-0.2, -0.15) is 5.10 Å². The molecule has 0 spiro atoms. The minimum atomic E-state index is -0.114. The number of carbonyl (C=O) groups excluding carboxylic acids is 1. The Morgan fingerprint density at radius 3 is 2.89 bits per heavy atom. The standard InChI is InChI=1S/C13H16N2O3/c1-4-10-9(6-7-18-10)13(16)12-11(17-3)8-14-15(12)5-2/h6-8H,4-5H2,1-3H3. The molecule has 2 aromatic heterocycles. The Morgan fingerprint density at radius 2 is 2.28 bits per heavy atom. The van der Waals surface area contributed by atoms with E-state index >= 15 is 0 Å². The molecular weight excluding hydrogens is 232 g/mol. The second-order valence-corrected chi connectivity index (χ2v) is 3.82. The van der Waals surface area contributed by atoms with E-state index in [0.717, 1.165) is 0 Å². The van der Waals surface area contributed by atoms with E-state index in [1.807, 2.05) is 13.8 Å². The van der Waals surface area contributed by atoms with Gasteiger partial charge in [-0.3, -0.25) is 9.48 Å². The molecule has 0 aliphatic rings. The SMILES string of the molecule is CCc1occc1C(=O)c1c(OC)cnn1CC. The van der Waals surface area contributed by atoms with Crippen LogP contribution in [0.2, 0.25) is 0 Å². The highest BCUT2D eigenvalue weighted by molar-refractivity contribution is 6.10. The molecule has 0 aliphatic carbocycles. The number of furan rings is 1. The van der Waals surface area contributed by atoms with E-state index in [9.17, 15) is 4.79 Å². The summed E-state index contributed by atoms with van der Waals surface area (Å²) >= 11 is 0. The molecule has 2 heterocycles. The number of rotatable bonds is 5. The Hall–Kier alpha value is -2.04. The first-order chi connectivity index (χ1) is 8.72. The van der Waals surface area contributed by atoms with E-state index in [-0.39, 0.29) is 5.78 Å². The Morgan fingerprint density at radius 1 is 1.50 bits per heavy atom. The third-order valence-electron chi connectivity index (χ3n) is 2.85. The van der Waals surface area contributed by atoms with Gasteiger partial charge >= 0.3 is 0 Å². The third kappa shape index (κ3) is 1.92. The van der Waals surface area contributed by atoms with E-state index in [1.54, 1.807) is 16.9 Å². The highest BCUT2D eigenvalue weighted by atomic mass is 16.5. The number of ketones is 1. The lowest BCUT2D eigenvalue weighted by atomic mass is 10.1. The van der Waals surface area contributed by atoms with Crippen molar-refractivity contribution in [3.8, 4) is 5.75 Å². The van der Waals surface area contributed by atoms with Crippen LogP contribution >= 0.6 is 0 Å². The molecule has 96 valence electrons. The predicted molar refractivity (Wildman–Crippen MR) is 66.0 cm³/mol. The summed E-state index contributed by atoms with van der Waals surface area (Å²) in [6.07, 6.45) is 3.77. The van der Waals surface area contributed by atoms with E-state index in [2.05, 4.69) is 5.10 Å². The zero-order valence-electron chi connectivity index (χ0n) is 10.8. The smallest absolute Gasteiger partial charge is 0.218 e. The molecule has 0 amide bonds. The number of carbonyl (C=O) groups is 1. The molecule has 0 radical (unpaired) electrons. The number of ether oxygens (including phenoxy) is 1. The van der Waals surface area contributed by atoms with E-state index < -0.39 is 0 Å². The van der Waals surface area contributed by atoms with Crippen LogP contribution in [0.3, 0.4) is 0 Å². The fourth-order valence-corrected chi connectivity index (χ4v) is 1.93. The summed E-state index contributed by atoms with van der Waals surface area (Å²) < 4.78 is 12.1. The first kappa shape index (κ1) is 12.4. The maximum Gasteiger partial charge on any atom is 0.218 e. The molecule has 5 heteroatoms. The highest BCUT2D eigenvalue weighted by Crippen LogP contribution is 2.23. The molecule has 5 nitrogen and oxygen atoms in total. The van der Waals surface area contributed by atoms with Crippen molar-refractivity contribution in [1.29, 1.82) is 0 Å². The molecule has 2 aromatic rings. The second kappa shape index (κ2) is 5.08. The van der Waals surface area contributed by atoms with Crippen LogP contribution in [0.1, 0.15) is 35.7 Å². The first-order valence-corrected chi connectivity index (χ1v) is 5.93. The van der Waals surface area contributed by atoms with Gasteiger partial charge in [0.25, 0.3) is 0 Å². The van der Waals surface area contributed by atoms with Gasteiger partial charge < -0.3 is 9.15 Å². The summed E-state index contributed by atoms with van der Waals surface area (Å²) in [5, 5.41) is 4.13. The molecular formula is C13H16N2O3. The molecule has 18 heavy (non-hydrogen) atoms. The van der Waals surface area contributed by atoms with E-state index in [4.69, 9.17) is 9.15 Å². The average Bonchev–Trinajstić information content (AvgIpc) is 3.03. The molecule has 0 fully saturated rings. The van der Waals surface area contributed by atoms with Gasteiger partial charge in [0.2, 0.25) is 5.78 Å². The molecule has 0 N–H and O–H groups in total. The Labute approximate surface area is 105 Å². The van der Waals surface area contributed by atoms with Crippen molar-refractivity contribution < 1.29 is 13.9 Å². The van der Waals surface area contributed by atoms with Crippen molar-refractivity contribution in [3.05, 3.63) is 35.5 Å². The fraction of sp³-hybridized carbons (Fsp3) is 0.385. The summed E-state index contributed by atoms with van der Waals surface area (Å²) in [5.74, 6) is 1.06. The number of aryl methyl sites for hydroxylation is 2. The van der Waals surface area contributed by atoms with Crippen molar-refractivity contribution >= 4 is 5.78 Å². The van der Waals surface area contributed by atoms with Gasteiger partial charge in [-0.25, -0.2) is 0 Å². The fourth-order valence-electron chi connectivity index (χ4n) is 1.93. The lowest BCUT2D eigenvalue weighted by Crippen LogP contribution is -2.12. The van der Waals surface area contributed by atoms with E-state index in [0.29, 0.717) is 35.7 Å². The molecule has 0 bridgehead atoms. The summed E-state index contributed by atoms with van der Waals surface area (Å²) in [4.78, 5) is 12.5. The highest BCUT2D eigenvalue weighted by Gasteiger charge is 2.23. The van der Waals surface area contributed by atoms with Crippen molar-refractivity contribution in [2.45, 2.75) is 26.8 Å². The summed E-state index contributed by atoms with van der Waals surface area (Å²) in [7, 11) is 1.53. The summed E-state index contributed by atoms with van der Waals surface area (Å²) in [6, 6.07) is 1.69. The van der Waals surface area contributed by atoms with Crippen LogP contribution in [0.25, 0.3) is 0 Å². The van der Waals surface area contributed by atoms with Gasteiger partial charge in [0, 0.05) is 13.0 Å². The maximum atomic E-state index is 12.5. The van der Waals surface area contributed by atoms with Gasteiger partial charge in [0.1, 0.15) is 5.76 Å². The second-order valence-electron chi connectivity index (χ2n) is 3.82. The maximum absolute atomic E-state index is 12.5. The van der Waals surface area contributed by atoms with Crippen LogP contribution in [-0.2, 0) is 13.0 Å². The van der Waals surface area contributed by atoms with Crippen molar-refractivity contribution in [2.75, 3.05) is 7.11 Å². The van der Waals surface area contributed by atoms with Gasteiger partial charge in [-0.1, -0.05) is 6.92 Å². The van der Waals surface area contributed by atoms with Crippen molar-refractivity contribution in [2.24, 2.45) is 0 Å². The van der Waals surface area contributed by atoms with Crippen LogP contribution in [0.5, 0.6) is 5.75 Å². The van der Waals surface area contributed by atoms with Crippen LogP contribution in [0.4, 0.5) is 0 Å². The number of aromatic nitrogens is 2. The molecule has 0 atom stereocenters. The van der Waals surface area contributed by atoms with Crippen LogP contribution in [0.15, 0.2) is 22.9 Å². The monoisotopic (exact) mass is 248 g/mol. The van der Waals surface area contributed by atoms with Crippen LogP contribution in [-0.4, -0.2) is 22.7 Å². The minimum Gasteiger partial charge on any atom is -0.493 e. The molecule has 0 aromatic carbocycles. The predicted octanol–water partition coefficient (Wildman–Crippen LogP) is 2.30. The molecule has 0 unspecified atom stereocenters. The lowest BCUT2D eigenvalue weighted by Gasteiger charge is -2.06. The van der Waals surface area contributed by atoms with Crippen LogP contribution < -0.4 is 4.74 Å². The van der Waals surface area contributed by atoms with Gasteiger partial charge in [0.15, 0.2) is 11.4 Å². The average molecular weight is 248 g/mol. The zero-order valence-corrected chi connectivity index (χ0v) is 10.8. The Bertz CT molecular complexity index is 533. The number of methoxy groups -OCH3 is 1. The summed E-state index contributed by atoms with van der Waals surface area (Å²) in [5.41, 5.74) is 1.04.